The normalized spacial score (nSPS) is 25.6. The molecular weight excluding hydrogens is 280 g/mol. The third-order valence-corrected chi connectivity index (χ3v) is 6.33. The molecule has 0 aliphatic carbocycles. The fourth-order valence-corrected chi connectivity index (χ4v) is 5.57. The lowest BCUT2D eigenvalue weighted by molar-refractivity contribution is 0.403. The van der Waals surface area contributed by atoms with Crippen molar-refractivity contribution in [3.8, 4) is 0 Å². The van der Waals surface area contributed by atoms with E-state index in [4.69, 9.17) is 0 Å². The first-order chi connectivity index (χ1) is 8.95. The lowest BCUT2D eigenvalue weighted by Crippen LogP contribution is -2.44. The Labute approximate surface area is 122 Å². The van der Waals surface area contributed by atoms with E-state index in [1.165, 1.54) is 0 Å². The minimum atomic E-state index is -3.05. The molecule has 1 aliphatic heterocycles. The largest absolute Gasteiger partial charge is 0.317 e. The Hall–Kier alpha value is 0.220. The summed E-state index contributed by atoms with van der Waals surface area (Å²) in [7, 11) is -3.05. The summed E-state index contributed by atoms with van der Waals surface area (Å²) in [5, 5.41) is 4.12. The average molecular weight is 309 g/mol. The zero-order valence-corrected chi connectivity index (χ0v) is 14.0. The van der Waals surface area contributed by atoms with Crippen LogP contribution in [0.2, 0.25) is 0 Å². The van der Waals surface area contributed by atoms with E-state index in [2.05, 4.69) is 26.1 Å². The molecule has 114 valence electrons. The topological polar surface area (TPSA) is 49.4 Å². The van der Waals surface area contributed by atoms with E-state index in [-0.39, 0.29) is 0 Å². The number of thioether (sulfide) groups is 1. The minimum absolute atomic E-state index is 0.297. The lowest BCUT2D eigenvalue weighted by atomic mass is 10.3. The predicted molar refractivity (Wildman–Crippen MR) is 84.3 cm³/mol. The molecule has 0 radical (unpaired) electrons. The molecule has 0 aromatic heterocycles. The Balaban J connectivity index is 2.30. The second-order valence-corrected chi connectivity index (χ2v) is 9.32. The molecule has 0 aromatic carbocycles. The summed E-state index contributed by atoms with van der Waals surface area (Å²) in [6.45, 7) is 9.64. The monoisotopic (exact) mass is 308 g/mol. The molecule has 0 aromatic rings. The Kier molecular flexibility index (Phi) is 7.72. The van der Waals surface area contributed by atoms with Crippen LogP contribution >= 0.6 is 11.8 Å². The van der Waals surface area contributed by atoms with Crippen LogP contribution in [0.15, 0.2) is 0 Å². The van der Waals surface area contributed by atoms with Gasteiger partial charge >= 0.3 is 0 Å². The van der Waals surface area contributed by atoms with Crippen LogP contribution in [-0.4, -0.2) is 55.2 Å². The summed E-state index contributed by atoms with van der Waals surface area (Å²) < 4.78 is 26.2. The van der Waals surface area contributed by atoms with Gasteiger partial charge in [-0.15, -0.1) is 0 Å². The molecule has 1 fully saturated rings. The van der Waals surface area contributed by atoms with Gasteiger partial charge in [-0.05, 0) is 32.4 Å². The maximum Gasteiger partial charge on any atom is 0.214 e. The van der Waals surface area contributed by atoms with E-state index in [0.717, 1.165) is 32.4 Å². The van der Waals surface area contributed by atoms with Crippen molar-refractivity contribution in [3.63, 3.8) is 0 Å². The Morgan fingerprint density at radius 2 is 1.79 bits per heavy atom. The summed E-state index contributed by atoms with van der Waals surface area (Å²) in [5.74, 6) is 0.297. The number of hydrogen-bond donors (Lipinski definition) is 1. The zero-order valence-electron chi connectivity index (χ0n) is 12.4. The van der Waals surface area contributed by atoms with Gasteiger partial charge in [0.2, 0.25) is 10.0 Å². The van der Waals surface area contributed by atoms with Gasteiger partial charge < -0.3 is 5.32 Å². The van der Waals surface area contributed by atoms with Gasteiger partial charge in [0.15, 0.2) is 0 Å². The van der Waals surface area contributed by atoms with Crippen molar-refractivity contribution in [3.05, 3.63) is 0 Å². The Morgan fingerprint density at radius 1 is 1.16 bits per heavy atom. The van der Waals surface area contributed by atoms with Crippen molar-refractivity contribution in [2.24, 2.45) is 0 Å². The van der Waals surface area contributed by atoms with Crippen molar-refractivity contribution >= 4 is 21.8 Å². The summed E-state index contributed by atoms with van der Waals surface area (Å²) in [6.07, 6.45) is 2.82. The van der Waals surface area contributed by atoms with E-state index in [1.807, 2.05) is 11.8 Å². The van der Waals surface area contributed by atoms with E-state index in [1.54, 1.807) is 4.31 Å². The fourth-order valence-electron chi connectivity index (χ4n) is 2.32. The van der Waals surface area contributed by atoms with Gasteiger partial charge in [0.05, 0.1) is 5.75 Å². The number of nitrogens with one attached hydrogen (secondary N) is 1. The highest BCUT2D eigenvalue weighted by Crippen LogP contribution is 2.26. The quantitative estimate of drug-likeness (QED) is 0.696. The first kappa shape index (κ1) is 17.3. The van der Waals surface area contributed by atoms with Gasteiger partial charge in [0.1, 0.15) is 0 Å². The first-order valence-corrected chi connectivity index (χ1v) is 9.85. The minimum Gasteiger partial charge on any atom is -0.317 e. The molecule has 0 saturated carbocycles. The average Bonchev–Trinajstić information content (AvgIpc) is 2.32. The van der Waals surface area contributed by atoms with Gasteiger partial charge in [-0.2, -0.15) is 16.1 Å². The van der Waals surface area contributed by atoms with Crippen LogP contribution in [0.25, 0.3) is 0 Å². The van der Waals surface area contributed by atoms with E-state index in [0.29, 0.717) is 29.3 Å². The Bertz CT molecular complexity index is 337. The lowest BCUT2D eigenvalue weighted by Gasteiger charge is -2.33. The summed E-state index contributed by atoms with van der Waals surface area (Å²) in [5.41, 5.74) is 0. The van der Waals surface area contributed by atoms with Crippen LogP contribution < -0.4 is 5.32 Å². The highest BCUT2D eigenvalue weighted by Gasteiger charge is 2.30. The molecule has 1 heterocycles. The smallest absolute Gasteiger partial charge is 0.214 e. The first-order valence-electron chi connectivity index (χ1n) is 7.29. The van der Waals surface area contributed by atoms with Crippen LogP contribution in [-0.2, 0) is 10.0 Å². The predicted octanol–water partition coefficient (Wildman–Crippen LogP) is 1.92. The van der Waals surface area contributed by atoms with Crippen molar-refractivity contribution < 1.29 is 8.42 Å². The van der Waals surface area contributed by atoms with E-state index < -0.39 is 10.0 Å². The van der Waals surface area contributed by atoms with Crippen molar-refractivity contribution in [2.75, 3.05) is 31.9 Å². The van der Waals surface area contributed by atoms with Crippen LogP contribution in [0.1, 0.15) is 40.0 Å². The van der Waals surface area contributed by atoms with Crippen molar-refractivity contribution in [1.82, 2.24) is 9.62 Å². The molecule has 1 aliphatic rings. The highest BCUT2D eigenvalue weighted by atomic mass is 32.2. The maximum atomic E-state index is 12.3. The number of nitrogens with zero attached hydrogens (tertiary/aromatic N) is 1. The van der Waals surface area contributed by atoms with Gasteiger partial charge in [-0.3, -0.25) is 0 Å². The second-order valence-electron chi connectivity index (χ2n) is 5.35. The van der Waals surface area contributed by atoms with Gasteiger partial charge in [-0.1, -0.05) is 20.8 Å². The molecule has 2 unspecified atom stereocenters. The van der Waals surface area contributed by atoms with Crippen LogP contribution in [0, 0.1) is 0 Å². The summed E-state index contributed by atoms with van der Waals surface area (Å²) >= 11 is 1.88. The molecule has 0 spiro atoms. The van der Waals surface area contributed by atoms with Crippen LogP contribution in [0.5, 0.6) is 0 Å². The third-order valence-electron chi connectivity index (χ3n) is 3.21. The molecule has 0 bridgehead atoms. The molecule has 2 atom stereocenters. The number of rotatable bonds is 8. The standard InChI is InChI=1S/C13H28N2O2S2/c1-4-7-14-8-5-6-9-19(16,17)15-10-12(2)18-13(3)11-15/h12-14H,4-11H2,1-3H3. The second kappa shape index (κ2) is 8.49. The molecule has 1 saturated heterocycles. The fraction of sp³-hybridized carbons (Fsp3) is 1.00. The summed E-state index contributed by atoms with van der Waals surface area (Å²) in [6, 6.07) is 0. The van der Waals surface area contributed by atoms with Crippen LogP contribution in [0.3, 0.4) is 0 Å². The van der Waals surface area contributed by atoms with E-state index in [9.17, 15) is 8.42 Å². The molecule has 1 N–H and O–H groups in total. The molecule has 4 nitrogen and oxygen atoms in total. The number of unbranched alkanes of at least 4 members (excludes halogenated alkanes) is 1. The summed E-state index contributed by atoms with van der Waals surface area (Å²) in [4.78, 5) is 0. The van der Waals surface area contributed by atoms with Gasteiger partial charge in [0.25, 0.3) is 0 Å². The van der Waals surface area contributed by atoms with E-state index >= 15 is 0 Å². The zero-order chi connectivity index (χ0) is 14.3. The number of sulfonamides is 1. The SMILES string of the molecule is CCCNCCCCS(=O)(=O)N1CC(C)SC(C)C1. The molecular formula is C13H28N2O2S2. The highest BCUT2D eigenvalue weighted by molar-refractivity contribution is 8.00. The van der Waals surface area contributed by atoms with Crippen LogP contribution in [0.4, 0.5) is 0 Å². The Morgan fingerprint density at radius 3 is 2.37 bits per heavy atom. The molecule has 1 rings (SSSR count). The van der Waals surface area contributed by atoms with Gasteiger partial charge in [-0.25, -0.2) is 8.42 Å². The third kappa shape index (κ3) is 6.47. The maximum absolute atomic E-state index is 12.3. The molecule has 19 heavy (non-hydrogen) atoms. The van der Waals surface area contributed by atoms with Crippen molar-refractivity contribution in [2.45, 2.75) is 50.5 Å². The molecule has 0 amide bonds. The molecule has 6 heteroatoms. The van der Waals surface area contributed by atoms with Crippen molar-refractivity contribution in [1.29, 1.82) is 0 Å². The van der Waals surface area contributed by atoms with Gasteiger partial charge in [0, 0.05) is 23.6 Å². The number of hydrogen-bond acceptors (Lipinski definition) is 4.